The Kier molecular flexibility index (Phi) is 5.43. The molecular formula is C19H16ClFN2O3S. The lowest BCUT2D eigenvalue weighted by atomic mass is 10.2. The number of carbonyl (C=O) groups excluding carboxylic acids is 1. The predicted octanol–water partition coefficient (Wildman–Crippen LogP) is 4.71. The third kappa shape index (κ3) is 3.94. The first kappa shape index (κ1) is 19.3. The number of ether oxygens (including phenoxy) is 1. The summed E-state index contributed by atoms with van der Waals surface area (Å²) in [5.74, 6) is -0.998. The number of hydrogen-bond acceptors (Lipinski definition) is 5. The van der Waals surface area contributed by atoms with Crippen LogP contribution in [0.15, 0.2) is 29.1 Å². The molecule has 0 radical (unpaired) electrons. The van der Waals surface area contributed by atoms with E-state index in [0.29, 0.717) is 10.2 Å². The van der Waals surface area contributed by atoms with Gasteiger partial charge in [-0.25, -0.2) is 14.2 Å². The van der Waals surface area contributed by atoms with Crippen molar-refractivity contribution in [3.05, 3.63) is 67.3 Å². The normalized spacial score (nSPS) is 12.6. The summed E-state index contributed by atoms with van der Waals surface area (Å²) in [6.07, 6.45) is 1.55. The number of carbonyl (C=O) groups is 1. The van der Waals surface area contributed by atoms with Crippen molar-refractivity contribution in [2.24, 2.45) is 0 Å². The first-order chi connectivity index (χ1) is 12.8. The van der Waals surface area contributed by atoms with Gasteiger partial charge in [-0.3, -0.25) is 4.79 Å². The number of aromatic nitrogens is 2. The first-order valence-electron chi connectivity index (χ1n) is 8.10. The van der Waals surface area contributed by atoms with E-state index in [4.69, 9.17) is 16.3 Å². The Balaban J connectivity index is 1.80. The van der Waals surface area contributed by atoms with Gasteiger partial charge in [0.1, 0.15) is 10.6 Å². The maximum absolute atomic E-state index is 13.7. The maximum Gasteiger partial charge on any atom is 0.331 e. The highest BCUT2D eigenvalue weighted by atomic mass is 35.5. The summed E-state index contributed by atoms with van der Waals surface area (Å²) in [6, 6.07) is 4.24. The van der Waals surface area contributed by atoms with Crippen LogP contribution in [0.4, 0.5) is 4.39 Å². The second-order valence-electron chi connectivity index (χ2n) is 5.96. The number of aromatic amines is 1. The Hall–Kier alpha value is -2.51. The average molecular weight is 407 g/mol. The second-order valence-corrected chi connectivity index (χ2v) is 7.57. The monoisotopic (exact) mass is 406 g/mol. The number of rotatable bonds is 4. The van der Waals surface area contributed by atoms with Crippen LogP contribution in [0.5, 0.6) is 0 Å². The van der Waals surface area contributed by atoms with Crippen molar-refractivity contribution >= 4 is 45.2 Å². The number of fused-ring (bicyclic) bond motifs is 1. The molecule has 140 valence electrons. The summed E-state index contributed by atoms with van der Waals surface area (Å²) in [7, 11) is 0. The van der Waals surface area contributed by atoms with Gasteiger partial charge in [0.25, 0.3) is 5.56 Å². The third-order valence-electron chi connectivity index (χ3n) is 4.12. The van der Waals surface area contributed by atoms with E-state index in [-0.39, 0.29) is 22.0 Å². The van der Waals surface area contributed by atoms with Crippen LogP contribution in [0.2, 0.25) is 5.02 Å². The van der Waals surface area contributed by atoms with E-state index in [1.165, 1.54) is 35.6 Å². The number of esters is 1. The van der Waals surface area contributed by atoms with Gasteiger partial charge >= 0.3 is 5.97 Å². The maximum atomic E-state index is 13.7. The lowest BCUT2D eigenvalue weighted by Gasteiger charge is -2.11. The molecule has 2 heterocycles. The Morgan fingerprint density at radius 3 is 2.85 bits per heavy atom. The van der Waals surface area contributed by atoms with Gasteiger partial charge in [-0.05, 0) is 44.5 Å². The molecule has 1 atom stereocenters. The quantitative estimate of drug-likeness (QED) is 0.503. The number of hydrogen-bond donors (Lipinski definition) is 1. The van der Waals surface area contributed by atoms with Crippen LogP contribution in [-0.4, -0.2) is 15.9 Å². The Labute approximate surface area is 163 Å². The molecule has 0 bridgehead atoms. The highest BCUT2D eigenvalue weighted by Gasteiger charge is 2.17. The number of thiophene rings is 1. The Morgan fingerprint density at radius 2 is 2.15 bits per heavy atom. The fourth-order valence-corrected chi connectivity index (χ4v) is 3.82. The van der Waals surface area contributed by atoms with E-state index in [9.17, 15) is 14.0 Å². The molecule has 0 fully saturated rings. The van der Waals surface area contributed by atoms with Crippen LogP contribution >= 0.6 is 22.9 Å². The van der Waals surface area contributed by atoms with Crippen LogP contribution in [0.1, 0.15) is 34.9 Å². The number of nitrogens with one attached hydrogen (secondary N) is 1. The summed E-state index contributed by atoms with van der Waals surface area (Å²) in [4.78, 5) is 33.0. The third-order valence-corrected chi connectivity index (χ3v) is 5.55. The smallest absolute Gasteiger partial charge is 0.331 e. The van der Waals surface area contributed by atoms with E-state index in [2.05, 4.69) is 9.97 Å². The van der Waals surface area contributed by atoms with Gasteiger partial charge in [0.2, 0.25) is 0 Å². The van der Waals surface area contributed by atoms with Crippen molar-refractivity contribution < 1.29 is 13.9 Å². The standard InChI is InChI=1S/C19H16ClFN2O3S/c1-9-11(3)27-19-16(9)18(25)22-17(23-19)10(2)26-15(24)8-7-12-13(20)5-4-6-14(12)21/h4-8,10H,1-3H3,(H,22,23,25)/b8-7+/t10-/m1/s1. The van der Waals surface area contributed by atoms with Gasteiger partial charge in [-0.2, -0.15) is 0 Å². The molecule has 0 unspecified atom stereocenters. The summed E-state index contributed by atoms with van der Waals surface area (Å²) in [5.41, 5.74) is 0.722. The van der Waals surface area contributed by atoms with Gasteiger partial charge in [0.05, 0.1) is 10.4 Å². The zero-order valence-electron chi connectivity index (χ0n) is 14.8. The molecular weight excluding hydrogens is 391 g/mol. The molecule has 0 aliphatic rings. The van der Waals surface area contributed by atoms with Gasteiger partial charge in [-0.15, -0.1) is 11.3 Å². The van der Waals surface area contributed by atoms with Crippen molar-refractivity contribution in [3.8, 4) is 0 Å². The van der Waals surface area contributed by atoms with E-state index in [1.54, 1.807) is 6.92 Å². The molecule has 0 spiro atoms. The minimum Gasteiger partial charge on any atom is -0.451 e. The molecule has 1 aromatic carbocycles. The number of halogens is 2. The van der Waals surface area contributed by atoms with Crippen molar-refractivity contribution in [1.29, 1.82) is 0 Å². The number of benzene rings is 1. The minimum atomic E-state index is -0.780. The van der Waals surface area contributed by atoms with Crippen molar-refractivity contribution in [2.75, 3.05) is 0 Å². The van der Waals surface area contributed by atoms with Crippen LogP contribution in [0, 0.1) is 19.7 Å². The largest absolute Gasteiger partial charge is 0.451 e. The van der Waals surface area contributed by atoms with Crippen LogP contribution in [0.3, 0.4) is 0 Å². The summed E-state index contributed by atoms with van der Waals surface area (Å²) < 4.78 is 19.0. The molecule has 5 nitrogen and oxygen atoms in total. The van der Waals surface area contributed by atoms with Crippen LogP contribution < -0.4 is 5.56 Å². The molecule has 8 heteroatoms. The summed E-state index contributed by atoms with van der Waals surface area (Å²) in [5, 5.41) is 0.737. The zero-order valence-corrected chi connectivity index (χ0v) is 16.4. The summed E-state index contributed by atoms with van der Waals surface area (Å²) in [6.45, 7) is 5.38. The molecule has 0 aliphatic heterocycles. The average Bonchev–Trinajstić information content (AvgIpc) is 2.89. The van der Waals surface area contributed by atoms with Crippen molar-refractivity contribution in [1.82, 2.24) is 9.97 Å². The minimum absolute atomic E-state index is 0.0984. The van der Waals surface area contributed by atoms with E-state index in [0.717, 1.165) is 16.5 Å². The molecule has 1 N–H and O–H groups in total. The van der Waals surface area contributed by atoms with E-state index < -0.39 is 17.9 Å². The van der Waals surface area contributed by atoms with Crippen LogP contribution in [0.25, 0.3) is 16.3 Å². The molecule has 2 aromatic heterocycles. The van der Waals surface area contributed by atoms with Crippen molar-refractivity contribution in [3.63, 3.8) is 0 Å². The van der Waals surface area contributed by atoms with Gasteiger partial charge in [0.15, 0.2) is 11.9 Å². The zero-order chi connectivity index (χ0) is 19.7. The van der Waals surface area contributed by atoms with Gasteiger partial charge < -0.3 is 9.72 Å². The molecule has 0 amide bonds. The van der Waals surface area contributed by atoms with Gasteiger partial charge in [-0.1, -0.05) is 17.7 Å². The lowest BCUT2D eigenvalue weighted by Crippen LogP contribution is -2.16. The number of aryl methyl sites for hydroxylation is 2. The van der Waals surface area contributed by atoms with E-state index >= 15 is 0 Å². The fraction of sp³-hybridized carbons (Fsp3) is 0.211. The van der Waals surface area contributed by atoms with Crippen molar-refractivity contribution in [2.45, 2.75) is 26.9 Å². The second kappa shape index (κ2) is 7.62. The number of nitrogens with zero attached hydrogens (tertiary/aromatic N) is 1. The fourth-order valence-electron chi connectivity index (χ4n) is 2.55. The highest BCUT2D eigenvalue weighted by molar-refractivity contribution is 7.18. The Morgan fingerprint density at radius 1 is 1.41 bits per heavy atom. The van der Waals surface area contributed by atoms with Crippen LogP contribution in [-0.2, 0) is 9.53 Å². The SMILES string of the molecule is Cc1sc2nc([C@@H](C)OC(=O)/C=C/c3c(F)cccc3Cl)[nH]c(=O)c2c1C. The highest BCUT2D eigenvalue weighted by Crippen LogP contribution is 2.27. The number of H-pyrrole nitrogens is 1. The molecule has 3 rings (SSSR count). The topological polar surface area (TPSA) is 72.0 Å². The predicted molar refractivity (Wildman–Crippen MR) is 105 cm³/mol. The van der Waals surface area contributed by atoms with E-state index in [1.807, 2.05) is 13.8 Å². The molecule has 0 aliphatic carbocycles. The molecule has 0 saturated heterocycles. The molecule has 0 saturated carbocycles. The summed E-state index contributed by atoms with van der Waals surface area (Å²) >= 11 is 7.32. The van der Waals surface area contributed by atoms with Gasteiger partial charge in [0, 0.05) is 16.5 Å². The lowest BCUT2D eigenvalue weighted by molar-refractivity contribution is -0.142. The Bertz CT molecular complexity index is 1100. The molecule has 27 heavy (non-hydrogen) atoms. The first-order valence-corrected chi connectivity index (χ1v) is 9.30. The molecule has 3 aromatic rings.